The molecule has 1 aromatic heterocycles. The Balaban J connectivity index is 1.60. The zero-order valence-corrected chi connectivity index (χ0v) is 17.5. The molecule has 0 aromatic carbocycles. The second-order valence-corrected chi connectivity index (χ2v) is 7.87. The monoisotopic (exact) mass is 428 g/mol. The average Bonchev–Trinajstić information content (AvgIpc) is 3.41. The quantitative estimate of drug-likeness (QED) is 0.457. The van der Waals surface area contributed by atoms with Crippen LogP contribution in [0.25, 0.3) is 0 Å². The van der Waals surface area contributed by atoms with Crippen molar-refractivity contribution in [2.75, 3.05) is 33.4 Å². The van der Waals surface area contributed by atoms with Gasteiger partial charge in [0.05, 0.1) is 19.1 Å². The number of furan rings is 1. The summed E-state index contributed by atoms with van der Waals surface area (Å²) in [6.07, 6.45) is 5.00. The van der Waals surface area contributed by atoms with E-state index in [4.69, 9.17) is 9.15 Å². The van der Waals surface area contributed by atoms with Gasteiger partial charge in [-0.05, 0) is 30.2 Å². The molecule has 2 amide bonds. The minimum absolute atomic E-state index is 0.144. The van der Waals surface area contributed by atoms with E-state index in [2.05, 4.69) is 22.5 Å². The lowest BCUT2D eigenvalue weighted by Crippen LogP contribution is -2.43. The van der Waals surface area contributed by atoms with E-state index in [9.17, 15) is 14.7 Å². The molecular weight excluding hydrogens is 400 g/mol. The zero-order chi connectivity index (χ0) is 22.0. The maximum atomic E-state index is 13.0. The van der Waals surface area contributed by atoms with Gasteiger partial charge in [0.1, 0.15) is 17.6 Å². The number of carbonyl (C=O) groups is 2. The summed E-state index contributed by atoms with van der Waals surface area (Å²) in [6, 6.07) is 1.26. The van der Waals surface area contributed by atoms with Crippen LogP contribution in [0.15, 0.2) is 46.4 Å². The summed E-state index contributed by atoms with van der Waals surface area (Å²) in [5.41, 5.74) is 2.50. The Morgan fingerprint density at radius 1 is 1.45 bits per heavy atom. The number of aliphatic hydroxyl groups excluding tert-OH is 1. The van der Waals surface area contributed by atoms with Crippen molar-refractivity contribution < 1.29 is 23.8 Å². The third-order valence-electron chi connectivity index (χ3n) is 5.87. The number of nitrogens with one attached hydrogen (secondary N) is 3. The normalized spacial score (nSPS) is 24.8. The van der Waals surface area contributed by atoms with Gasteiger partial charge in [0.2, 0.25) is 5.91 Å². The number of fused-ring (bicyclic) bond motifs is 1. The van der Waals surface area contributed by atoms with Crippen LogP contribution in [0.5, 0.6) is 0 Å². The first kappa shape index (κ1) is 21.5. The highest BCUT2D eigenvalue weighted by Gasteiger charge is 2.41. The summed E-state index contributed by atoms with van der Waals surface area (Å²) in [4.78, 5) is 27.2. The van der Waals surface area contributed by atoms with Crippen LogP contribution in [-0.4, -0.2) is 67.6 Å². The lowest BCUT2D eigenvalue weighted by Gasteiger charge is -2.26. The van der Waals surface area contributed by atoms with Crippen LogP contribution in [0, 0.1) is 0 Å². The van der Waals surface area contributed by atoms with Crippen molar-refractivity contribution in [3.05, 3.63) is 59.1 Å². The molecule has 0 bridgehead atoms. The molecule has 4 rings (SSSR count). The van der Waals surface area contributed by atoms with Crippen LogP contribution >= 0.6 is 0 Å². The molecule has 31 heavy (non-hydrogen) atoms. The van der Waals surface area contributed by atoms with Gasteiger partial charge in [0.25, 0.3) is 5.91 Å². The van der Waals surface area contributed by atoms with Crippen LogP contribution in [0.4, 0.5) is 0 Å². The molecule has 3 unspecified atom stereocenters. The lowest BCUT2D eigenvalue weighted by atomic mass is 9.95. The van der Waals surface area contributed by atoms with Crippen molar-refractivity contribution in [1.29, 1.82) is 0 Å². The van der Waals surface area contributed by atoms with Crippen molar-refractivity contribution >= 4 is 11.8 Å². The number of carbonyl (C=O) groups excluding carboxylic acids is 2. The molecule has 0 saturated carbocycles. The van der Waals surface area contributed by atoms with Gasteiger partial charge in [-0.25, -0.2) is 0 Å². The summed E-state index contributed by atoms with van der Waals surface area (Å²) in [6.45, 7) is 6.38. The summed E-state index contributed by atoms with van der Waals surface area (Å²) < 4.78 is 11.2. The second-order valence-electron chi connectivity index (χ2n) is 7.87. The van der Waals surface area contributed by atoms with Crippen LogP contribution in [0.1, 0.15) is 23.0 Å². The second kappa shape index (κ2) is 9.19. The molecule has 0 radical (unpaired) electrons. The Bertz CT molecular complexity index is 911. The minimum atomic E-state index is -1.13. The molecule has 3 aliphatic rings. The topological polar surface area (TPSA) is 116 Å². The van der Waals surface area contributed by atoms with Gasteiger partial charge in [-0.3, -0.25) is 14.9 Å². The number of hydrogen-bond donors (Lipinski definition) is 4. The molecule has 0 aliphatic carbocycles. The number of nitrogens with zero attached hydrogens (tertiary/aromatic N) is 1. The zero-order valence-electron chi connectivity index (χ0n) is 17.5. The molecule has 1 aromatic rings. The molecule has 1 saturated heterocycles. The smallest absolute Gasteiger partial charge is 0.254 e. The maximum absolute atomic E-state index is 13.0. The molecule has 4 heterocycles. The number of methoxy groups -OCH3 is 1. The highest BCUT2D eigenvalue weighted by Crippen LogP contribution is 2.32. The fourth-order valence-electron chi connectivity index (χ4n) is 4.33. The molecule has 1 fully saturated rings. The van der Waals surface area contributed by atoms with E-state index in [1.165, 1.54) is 0 Å². The van der Waals surface area contributed by atoms with Crippen LogP contribution in [0.3, 0.4) is 0 Å². The van der Waals surface area contributed by atoms with E-state index in [1.54, 1.807) is 18.1 Å². The fraction of sp³-hybridized carbons (Fsp3) is 0.455. The molecule has 3 atom stereocenters. The van der Waals surface area contributed by atoms with Gasteiger partial charge in [-0.2, -0.15) is 0 Å². The van der Waals surface area contributed by atoms with Crippen molar-refractivity contribution in [3.63, 3.8) is 0 Å². The van der Waals surface area contributed by atoms with E-state index >= 15 is 0 Å². The number of amides is 2. The van der Waals surface area contributed by atoms with E-state index in [0.717, 1.165) is 29.9 Å². The Labute approximate surface area is 180 Å². The molecule has 9 heteroatoms. The molecular formula is C22H28N4O5. The lowest BCUT2D eigenvalue weighted by molar-refractivity contribution is -0.127. The summed E-state index contributed by atoms with van der Waals surface area (Å²) in [5.74, 6) is 0.556. The summed E-state index contributed by atoms with van der Waals surface area (Å²) in [7, 11) is 1.61. The number of rotatable bonds is 8. The van der Waals surface area contributed by atoms with Crippen molar-refractivity contribution in [1.82, 2.24) is 20.9 Å². The maximum Gasteiger partial charge on any atom is 0.254 e. The van der Waals surface area contributed by atoms with Gasteiger partial charge in [-0.15, -0.1) is 0 Å². The van der Waals surface area contributed by atoms with Gasteiger partial charge < -0.3 is 29.8 Å². The Hall–Kier alpha value is -2.72. The highest BCUT2D eigenvalue weighted by molar-refractivity contribution is 6.00. The highest BCUT2D eigenvalue weighted by atomic mass is 16.5. The van der Waals surface area contributed by atoms with Crippen LogP contribution in [0.2, 0.25) is 0 Å². The third-order valence-corrected chi connectivity index (χ3v) is 5.87. The third kappa shape index (κ3) is 4.35. The largest absolute Gasteiger partial charge is 0.464 e. The SMILES string of the molecule is C=CC1=C(C=CCOC)CN(CC(c2cc3c(o2)CNCC3)C2NC(O)NC2=O)C1=O. The van der Waals surface area contributed by atoms with E-state index in [-0.39, 0.29) is 18.4 Å². The van der Waals surface area contributed by atoms with Gasteiger partial charge >= 0.3 is 0 Å². The van der Waals surface area contributed by atoms with E-state index in [0.29, 0.717) is 31.0 Å². The van der Waals surface area contributed by atoms with Gasteiger partial charge in [0.15, 0.2) is 6.35 Å². The van der Waals surface area contributed by atoms with Crippen LogP contribution in [-0.2, 0) is 27.3 Å². The standard InChI is InChI=1S/C22H28N4O5/c1-3-15-14(5-4-8-30-2)11-26(21(15)28)12-16(19-20(27)25-22(29)24-19)17-9-13-6-7-23-10-18(13)31-17/h3-5,9,16,19,22-24,29H,1,6-8,10-12H2,2H3,(H,25,27). The number of ether oxygens (including phenoxy) is 1. The molecule has 166 valence electrons. The predicted molar refractivity (Wildman–Crippen MR) is 113 cm³/mol. The Kier molecular flexibility index (Phi) is 6.38. The van der Waals surface area contributed by atoms with E-state index < -0.39 is 18.3 Å². The molecule has 3 aliphatic heterocycles. The molecule has 4 N–H and O–H groups in total. The Morgan fingerprint density at radius 3 is 2.97 bits per heavy atom. The van der Waals surface area contributed by atoms with Crippen LogP contribution < -0.4 is 16.0 Å². The average molecular weight is 428 g/mol. The van der Waals surface area contributed by atoms with Crippen molar-refractivity contribution in [2.24, 2.45) is 0 Å². The summed E-state index contributed by atoms with van der Waals surface area (Å²) >= 11 is 0. The minimum Gasteiger partial charge on any atom is -0.464 e. The first-order valence-electron chi connectivity index (χ1n) is 10.4. The first-order chi connectivity index (χ1) is 15.0. The predicted octanol–water partition coefficient (Wildman–Crippen LogP) is -0.0998. The summed E-state index contributed by atoms with van der Waals surface area (Å²) in [5, 5.41) is 18.5. The van der Waals surface area contributed by atoms with Gasteiger partial charge in [0, 0.05) is 25.8 Å². The first-order valence-corrected chi connectivity index (χ1v) is 10.4. The number of hydrogen-bond acceptors (Lipinski definition) is 7. The molecule has 0 spiro atoms. The molecule has 9 nitrogen and oxygen atoms in total. The Morgan fingerprint density at radius 2 is 2.29 bits per heavy atom. The fourth-order valence-corrected chi connectivity index (χ4v) is 4.33. The van der Waals surface area contributed by atoms with Gasteiger partial charge in [-0.1, -0.05) is 24.8 Å². The van der Waals surface area contributed by atoms with Crippen molar-refractivity contribution in [2.45, 2.75) is 31.3 Å². The number of aliphatic hydroxyl groups is 1. The van der Waals surface area contributed by atoms with E-state index in [1.807, 2.05) is 18.2 Å². The van der Waals surface area contributed by atoms with Crippen molar-refractivity contribution in [3.8, 4) is 0 Å².